The van der Waals surface area contributed by atoms with E-state index < -0.39 is 0 Å². The van der Waals surface area contributed by atoms with E-state index in [1.165, 1.54) is 0 Å². The summed E-state index contributed by atoms with van der Waals surface area (Å²) < 4.78 is 0. The fourth-order valence-corrected chi connectivity index (χ4v) is 2.90. The summed E-state index contributed by atoms with van der Waals surface area (Å²) in [6.45, 7) is 17.2. The zero-order valence-electron chi connectivity index (χ0n) is 20.3. The van der Waals surface area contributed by atoms with Crippen molar-refractivity contribution in [2.24, 2.45) is 0 Å². The maximum Gasteiger partial charge on any atom is 4.00 e. The van der Waals surface area contributed by atoms with Crippen molar-refractivity contribution in [2.45, 2.75) is 52.6 Å². The van der Waals surface area contributed by atoms with Crippen LogP contribution in [-0.4, -0.2) is 30.7 Å². The molecule has 6 nitrogen and oxygen atoms in total. The molecular formula is C26H34FeN6. The van der Waals surface area contributed by atoms with E-state index in [9.17, 15) is 0 Å². The van der Waals surface area contributed by atoms with Gasteiger partial charge in [0.2, 0.25) is 0 Å². The molecule has 4 aliphatic rings. The molecule has 176 valence electrons. The van der Waals surface area contributed by atoms with Crippen LogP contribution in [0.4, 0.5) is 0 Å². The molecule has 0 aromatic heterocycles. The standard InChI is InChI=1S/2C13H17N3.Fe/c2*1-13(2,3)16-9-8-15(11-16)10-12-6-4-5-7-14-12;/h2*4-11H,1-3H3;/q2*-2;+4/b2*12-10-;. The summed E-state index contributed by atoms with van der Waals surface area (Å²) in [5, 5.41) is 8.52. The topological polar surface area (TPSA) is 41.2 Å². The molecule has 0 aliphatic carbocycles. The van der Waals surface area contributed by atoms with E-state index in [4.69, 9.17) is 0 Å². The predicted octanol–water partition coefficient (Wildman–Crippen LogP) is 6.58. The average Bonchev–Trinajstić information content (AvgIpc) is 3.40. The van der Waals surface area contributed by atoms with E-state index in [-0.39, 0.29) is 28.1 Å². The van der Waals surface area contributed by atoms with Crippen LogP contribution in [0.15, 0.2) is 97.4 Å². The molecule has 0 saturated heterocycles. The first-order valence-electron chi connectivity index (χ1n) is 10.8. The third-order valence-corrected chi connectivity index (χ3v) is 4.80. The van der Waals surface area contributed by atoms with Gasteiger partial charge >= 0.3 is 17.1 Å². The maximum atomic E-state index is 4.26. The second-order valence-electron chi connectivity index (χ2n) is 9.65. The molecule has 4 rings (SSSR count). The van der Waals surface area contributed by atoms with E-state index in [1.807, 2.05) is 71.1 Å². The smallest absolute Gasteiger partial charge is 0.663 e. The van der Waals surface area contributed by atoms with E-state index in [1.54, 1.807) is 12.4 Å². The van der Waals surface area contributed by atoms with Crippen LogP contribution in [0.2, 0.25) is 0 Å². The van der Waals surface area contributed by atoms with Gasteiger partial charge in [-0.25, -0.2) is 0 Å². The minimum atomic E-state index is 0. The van der Waals surface area contributed by atoms with Gasteiger partial charge in [0.15, 0.2) is 0 Å². The van der Waals surface area contributed by atoms with Gasteiger partial charge in [-0.1, -0.05) is 36.5 Å². The van der Waals surface area contributed by atoms with Crippen molar-refractivity contribution in [3.8, 4) is 0 Å². The Hall–Kier alpha value is -2.76. The van der Waals surface area contributed by atoms with Crippen molar-refractivity contribution < 1.29 is 17.1 Å². The quantitative estimate of drug-likeness (QED) is 0.327. The molecule has 0 radical (unpaired) electrons. The van der Waals surface area contributed by atoms with Crippen LogP contribution in [0.3, 0.4) is 0 Å². The number of hydrogen-bond acceptors (Lipinski definition) is 4. The largest absolute Gasteiger partial charge is 4.00 e. The molecule has 0 amide bonds. The molecular weight excluding hydrogens is 452 g/mol. The minimum absolute atomic E-state index is 0. The van der Waals surface area contributed by atoms with Crippen LogP contribution < -0.4 is 0 Å². The summed E-state index contributed by atoms with van der Waals surface area (Å²) in [6, 6.07) is 0. The number of nitrogens with zero attached hydrogens (tertiary/aromatic N) is 6. The van der Waals surface area contributed by atoms with Crippen molar-refractivity contribution in [3.05, 3.63) is 121 Å². The van der Waals surface area contributed by atoms with E-state index in [2.05, 4.69) is 87.7 Å². The summed E-state index contributed by atoms with van der Waals surface area (Å²) in [7, 11) is 0. The van der Waals surface area contributed by atoms with Crippen molar-refractivity contribution in [1.82, 2.24) is 19.6 Å². The molecule has 4 aliphatic heterocycles. The van der Waals surface area contributed by atoms with Crippen molar-refractivity contribution in [2.75, 3.05) is 0 Å². The molecule has 33 heavy (non-hydrogen) atoms. The van der Waals surface area contributed by atoms with Crippen LogP contribution in [0.1, 0.15) is 41.5 Å². The van der Waals surface area contributed by atoms with Crippen LogP contribution in [0.5, 0.6) is 0 Å². The van der Waals surface area contributed by atoms with Gasteiger partial charge in [-0.05, 0) is 78.7 Å². The van der Waals surface area contributed by atoms with Gasteiger partial charge in [-0.3, -0.25) is 0 Å². The molecule has 0 N–H and O–H groups in total. The molecule has 0 aromatic carbocycles. The fraction of sp³-hybridized carbons (Fsp3) is 0.308. The van der Waals surface area contributed by atoms with Gasteiger partial charge < -0.3 is 30.2 Å². The second-order valence-corrected chi connectivity index (χ2v) is 9.65. The molecule has 0 aromatic rings. The molecule has 0 atom stereocenters. The van der Waals surface area contributed by atoms with Crippen molar-refractivity contribution in [3.63, 3.8) is 0 Å². The Bertz CT molecular complexity index is 819. The van der Waals surface area contributed by atoms with E-state index in [0.717, 1.165) is 11.4 Å². The first-order valence-corrected chi connectivity index (χ1v) is 10.8. The van der Waals surface area contributed by atoms with Crippen LogP contribution in [0, 0.1) is 13.3 Å². The zero-order valence-corrected chi connectivity index (χ0v) is 21.4. The van der Waals surface area contributed by atoms with E-state index in [0.29, 0.717) is 0 Å². The van der Waals surface area contributed by atoms with Gasteiger partial charge in [0.25, 0.3) is 0 Å². The van der Waals surface area contributed by atoms with Crippen LogP contribution in [0.25, 0.3) is 10.6 Å². The van der Waals surface area contributed by atoms with E-state index >= 15 is 0 Å². The third-order valence-electron chi connectivity index (χ3n) is 4.80. The predicted molar refractivity (Wildman–Crippen MR) is 133 cm³/mol. The summed E-state index contributed by atoms with van der Waals surface area (Å²) in [5.74, 6) is 0. The first-order chi connectivity index (χ1) is 15.1. The fourth-order valence-electron chi connectivity index (χ4n) is 2.90. The Morgan fingerprint density at radius 3 is 1.30 bits per heavy atom. The van der Waals surface area contributed by atoms with Gasteiger partial charge in [0, 0.05) is 11.1 Å². The third kappa shape index (κ3) is 8.26. The first kappa shape index (κ1) is 26.5. The van der Waals surface area contributed by atoms with Crippen LogP contribution >= 0.6 is 0 Å². The molecule has 0 spiro atoms. The number of rotatable bonds is 2. The van der Waals surface area contributed by atoms with Crippen molar-refractivity contribution >= 4 is 0 Å². The Kier molecular flexibility index (Phi) is 9.15. The number of hydrogen-bond donors (Lipinski definition) is 0. The Balaban J connectivity index is 0.000000227. The summed E-state index contributed by atoms with van der Waals surface area (Å²) >= 11 is 0. The Morgan fingerprint density at radius 1 is 0.636 bits per heavy atom. The molecule has 7 heteroatoms. The molecule has 4 heterocycles. The van der Waals surface area contributed by atoms with Gasteiger partial charge in [0.1, 0.15) is 0 Å². The summed E-state index contributed by atoms with van der Waals surface area (Å²) in [5.41, 5.74) is 2.14. The minimum Gasteiger partial charge on any atom is -0.663 e. The normalized spacial score (nSPS) is 21.4. The Morgan fingerprint density at radius 2 is 1.03 bits per heavy atom. The molecule has 0 saturated carbocycles. The molecule has 0 unspecified atom stereocenters. The number of allylic oxidation sites excluding steroid dienone is 6. The second kappa shape index (κ2) is 11.4. The maximum absolute atomic E-state index is 4.26. The van der Waals surface area contributed by atoms with Crippen molar-refractivity contribution in [1.29, 1.82) is 0 Å². The van der Waals surface area contributed by atoms with Gasteiger partial charge in [-0.15, -0.1) is 11.4 Å². The van der Waals surface area contributed by atoms with Gasteiger partial charge in [0.05, 0.1) is 0 Å². The molecule has 0 bridgehead atoms. The summed E-state index contributed by atoms with van der Waals surface area (Å²) in [4.78, 5) is 8.39. The molecule has 0 fully saturated rings. The summed E-state index contributed by atoms with van der Waals surface area (Å²) in [6.07, 6.45) is 27.6. The van der Waals surface area contributed by atoms with Crippen LogP contribution in [-0.2, 0) is 17.1 Å². The zero-order chi connectivity index (χ0) is 23.2. The van der Waals surface area contributed by atoms with Gasteiger partial charge in [-0.2, -0.15) is 25.7 Å². The Labute approximate surface area is 210 Å². The SMILES string of the molecule is CC(C)(C)N1C=CN(/C=C2/C=CC=C[N-]2)[CH-]1.CC(C)(C)N1C=CN(/C=C2/C=CC=C[N-]2)[CH-]1.[Fe+4]. The average molecular weight is 486 g/mol. The monoisotopic (exact) mass is 486 g/mol.